The number of aromatic carboxylic acids is 1. The monoisotopic (exact) mass is 500 g/mol. The first kappa shape index (κ1) is 29.0. The van der Waals surface area contributed by atoms with E-state index < -0.39 is 23.7 Å². The SMILES string of the molecule is CCCCCCCCCC(=O)Oc1ccc(C(=O)O)c(-c2ccc(C(=O)OC(CC)CC)c(F)c2)c1. The molecular weight excluding hydrogens is 463 g/mol. The van der Waals surface area contributed by atoms with Gasteiger partial charge in [-0.3, -0.25) is 4.79 Å². The highest BCUT2D eigenvalue weighted by molar-refractivity contribution is 5.97. The highest BCUT2D eigenvalue weighted by Gasteiger charge is 2.20. The maximum absolute atomic E-state index is 14.8. The number of rotatable bonds is 15. The quantitative estimate of drug-likeness (QED) is 0.154. The lowest BCUT2D eigenvalue weighted by Crippen LogP contribution is -2.17. The smallest absolute Gasteiger partial charge is 0.341 e. The molecule has 2 aromatic carbocycles. The summed E-state index contributed by atoms with van der Waals surface area (Å²) in [7, 11) is 0. The van der Waals surface area contributed by atoms with Crippen LogP contribution in [-0.2, 0) is 9.53 Å². The van der Waals surface area contributed by atoms with E-state index in [0.717, 1.165) is 31.7 Å². The molecule has 0 atom stereocenters. The third-order valence-electron chi connectivity index (χ3n) is 6.12. The fourth-order valence-electron chi connectivity index (χ4n) is 3.94. The molecule has 0 aliphatic rings. The third-order valence-corrected chi connectivity index (χ3v) is 6.12. The van der Waals surface area contributed by atoms with Gasteiger partial charge in [0.15, 0.2) is 0 Å². The van der Waals surface area contributed by atoms with Gasteiger partial charge in [0.2, 0.25) is 0 Å². The second-order valence-corrected chi connectivity index (χ2v) is 8.90. The summed E-state index contributed by atoms with van der Waals surface area (Å²) in [5.74, 6) is -3.01. The van der Waals surface area contributed by atoms with Crippen LogP contribution in [0.25, 0.3) is 11.1 Å². The minimum absolute atomic E-state index is 0.0753. The Kier molecular flexibility index (Phi) is 12.1. The standard InChI is InChI=1S/C29H37FO6/c1-4-7-8-9-10-11-12-13-27(31)35-22-15-17-23(28(32)33)25(19-22)20-14-16-24(26(30)18-20)29(34)36-21(5-2)6-3/h14-19,21H,4-13H2,1-3H3,(H,32,33). The van der Waals surface area contributed by atoms with Gasteiger partial charge in [0.1, 0.15) is 17.7 Å². The normalized spacial score (nSPS) is 10.9. The molecule has 0 spiro atoms. The van der Waals surface area contributed by atoms with E-state index in [-0.39, 0.29) is 40.5 Å². The van der Waals surface area contributed by atoms with E-state index >= 15 is 0 Å². The van der Waals surface area contributed by atoms with Gasteiger partial charge in [0, 0.05) is 6.42 Å². The molecule has 0 aliphatic carbocycles. The molecule has 2 aromatic rings. The van der Waals surface area contributed by atoms with Crippen molar-refractivity contribution in [3.05, 3.63) is 53.3 Å². The number of carboxylic acid groups (broad SMARTS) is 1. The lowest BCUT2D eigenvalue weighted by atomic mass is 9.98. The zero-order chi connectivity index (χ0) is 26.5. The Balaban J connectivity index is 2.12. The van der Waals surface area contributed by atoms with Crippen LogP contribution in [0.3, 0.4) is 0 Å². The van der Waals surface area contributed by atoms with Crippen LogP contribution in [0.4, 0.5) is 4.39 Å². The zero-order valence-corrected chi connectivity index (χ0v) is 21.5. The lowest BCUT2D eigenvalue weighted by Gasteiger charge is -2.15. The fourth-order valence-corrected chi connectivity index (χ4v) is 3.94. The van der Waals surface area contributed by atoms with Crippen LogP contribution in [0.15, 0.2) is 36.4 Å². The van der Waals surface area contributed by atoms with Crippen LogP contribution in [-0.4, -0.2) is 29.1 Å². The second-order valence-electron chi connectivity index (χ2n) is 8.90. The van der Waals surface area contributed by atoms with Crippen LogP contribution in [0.5, 0.6) is 5.75 Å². The lowest BCUT2D eigenvalue weighted by molar-refractivity contribution is -0.134. The van der Waals surface area contributed by atoms with E-state index in [9.17, 15) is 23.9 Å². The molecule has 0 radical (unpaired) electrons. The minimum Gasteiger partial charge on any atom is -0.478 e. The number of hydrogen-bond acceptors (Lipinski definition) is 5. The molecule has 36 heavy (non-hydrogen) atoms. The third kappa shape index (κ3) is 8.77. The molecule has 0 fully saturated rings. The molecule has 0 amide bonds. The summed E-state index contributed by atoms with van der Waals surface area (Å²) in [6.07, 6.45) is 8.75. The van der Waals surface area contributed by atoms with Crippen LogP contribution >= 0.6 is 0 Å². The maximum atomic E-state index is 14.8. The predicted octanol–water partition coefficient (Wildman–Crippen LogP) is 7.58. The van der Waals surface area contributed by atoms with Gasteiger partial charge >= 0.3 is 17.9 Å². The Morgan fingerprint density at radius 3 is 2.11 bits per heavy atom. The second kappa shape index (κ2) is 15.0. The maximum Gasteiger partial charge on any atom is 0.341 e. The first-order valence-electron chi connectivity index (χ1n) is 12.9. The molecule has 1 N–H and O–H groups in total. The highest BCUT2D eigenvalue weighted by Crippen LogP contribution is 2.30. The summed E-state index contributed by atoms with van der Waals surface area (Å²) in [6, 6.07) is 7.96. The number of ether oxygens (including phenoxy) is 2. The average Bonchev–Trinajstić information content (AvgIpc) is 2.86. The molecule has 0 unspecified atom stereocenters. The van der Waals surface area contributed by atoms with Crippen LogP contribution in [0.1, 0.15) is 106 Å². The van der Waals surface area contributed by atoms with E-state index in [0.29, 0.717) is 12.8 Å². The van der Waals surface area contributed by atoms with Gasteiger partial charge in [-0.2, -0.15) is 0 Å². The molecule has 0 heterocycles. The zero-order valence-electron chi connectivity index (χ0n) is 21.5. The fraction of sp³-hybridized carbons (Fsp3) is 0.483. The van der Waals surface area contributed by atoms with E-state index in [1.54, 1.807) is 0 Å². The number of unbranched alkanes of at least 4 members (excludes halogenated alkanes) is 6. The number of carboxylic acids is 1. The van der Waals surface area contributed by atoms with Crippen LogP contribution in [0.2, 0.25) is 0 Å². The van der Waals surface area contributed by atoms with Crippen molar-refractivity contribution in [2.24, 2.45) is 0 Å². The first-order chi connectivity index (χ1) is 17.3. The largest absolute Gasteiger partial charge is 0.478 e. The Hall–Kier alpha value is -3.22. The Labute approximate surface area is 212 Å². The van der Waals surface area contributed by atoms with E-state index in [2.05, 4.69) is 6.92 Å². The molecular formula is C29H37FO6. The number of esters is 2. The van der Waals surface area contributed by atoms with Gasteiger partial charge in [-0.25, -0.2) is 14.0 Å². The van der Waals surface area contributed by atoms with Crippen LogP contribution in [0, 0.1) is 5.82 Å². The summed E-state index contributed by atoms with van der Waals surface area (Å²) in [5.41, 5.74) is 0.130. The molecule has 7 heteroatoms. The molecule has 0 saturated heterocycles. The highest BCUT2D eigenvalue weighted by atomic mass is 19.1. The van der Waals surface area contributed by atoms with E-state index in [1.807, 2.05) is 13.8 Å². The van der Waals surface area contributed by atoms with Gasteiger partial charge in [0.25, 0.3) is 0 Å². The number of carbonyl (C=O) groups is 3. The van der Waals surface area contributed by atoms with E-state index in [1.165, 1.54) is 49.6 Å². The molecule has 0 aliphatic heterocycles. The van der Waals surface area contributed by atoms with E-state index in [4.69, 9.17) is 9.47 Å². The number of halogens is 1. The van der Waals surface area contributed by atoms with Crippen molar-refractivity contribution in [3.63, 3.8) is 0 Å². The summed E-state index contributed by atoms with van der Waals surface area (Å²) < 4.78 is 25.6. The van der Waals surface area contributed by atoms with Crippen molar-refractivity contribution in [1.82, 2.24) is 0 Å². The van der Waals surface area contributed by atoms with Gasteiger partial charge in [-0.15, -0.1) is 0 Å². The Bertz CT molecular complexity index is 1030. The van der Waals surface area contributed by atoms with Crippen molar-refractivity contribution >= 4 is 17.9 Å². The Morgan fingerprint density at radius 2 is 1.50 bits per heavy atom. The average molecular weight is 501 g/mol. The molecule has 6 nitrogen and oxygen atoms in total. The van der Waals surface area contributed by atoms with Crippen LogP contribution < -0.4 is 4.74 Å². The van der Waals surface area contributed by atoms with Gasteiger partial charge in [0.05, 0.1) is 11.1 Å². The summed E-state index contributed by atoms with van der Waals surface area (Å²) in [5, 5.41) is 9.61. The van der Waals surface area contributed by atoms with Gasteiger partial charge < -0.3 is 14.6 Å². The molecule has 2 rings (SSSR count). The van der Waals surface area contributed by atoms with Crippen molar-refractivity contribution in [3.8, 4) is 16.9 Å². The molecule has 0 bridgehead atoms. The summed E-state index contributed by atoms with van der Waals surface area (Å²) in [6.45, 7) is 5.92. The number of hydrogen-bond donors (Lipinski definition) is 1. The van der Waals surface area contributed by atoms with Gasteiger partial charge in [-0.1, -0.05) is 65.4 Å². The summed E-state index contributed by atoms with van der Waals surface area (Å²) in [4.78, 5) is 36.4. The molecule has 0 aromatic heterocycles. The summed E-state index contributed by atoms with van der Waals surface area (Å²) >= 11 is 0. The topological polar surface area (TPSA) is 89.9 Å². The van der Waals surface area contributed by atoms with Gasteiger partial charge in [-0.05, 0) is 60.7 Å². The van der Waals surface area contributed by atoms with Crippen molar-refractivity contribution < 1.29 is 33.4 Å². The van der Waals surface area contributed by atoms with Crippen molar-refractivity contribution in [1.29, 1.82) is 0 Å². The molecule has 196 valence electrons. The predicted molar refractivity (Wildman–Crippen MR) is 137 cm³/mol. The Morgan fingerprint density at radius 1 is 0.861 bits per heavy atom. The number of carbonyl (C=O) groups excluding carboxylic acids is 2. The van der Waals surface area contributed by atoms with Crippen molar-refractivity contribution in [2.75, 3.05) is 0 Å². The number of benzene rings is 2. The minimum atomic E-state index is -1.21. The van der Waals surface area contributed by atoms with Crippen molar-refractivity contribution in [2.45, 2.75) is 91.1 Å². The first-order valence-corrected chi connectivity index (χ1v) is 12.9. The molecule has 0 saturated carbocycles.